The first-order valence-electron chi connectivity index (χ1n) is 7.23. The molecule has 0 saturated carbocycles. The normalized spacial score (nSPS) is 21.6. The summed E-state index contributed by atoms with van der Waals surface area (Å²) >= 11 is 1.38. The Kier molecular flexibility index (Phi) is 4.35. The van der Waals surface area contributed by atoms with Gasteiger partial charge < -0.3 is 10.0 Å². The van der Waals surface area contributed by atoms with E-state index in [0.29, 0.717) is 18.2 Å². The summed E-state index contributed by atoms with van der Waals surface area (Å²) in [4.78, 5) is 22.3. The average Bonchev–Trinajstić information content (AvgIpc) is 2.99. The number of hydrogen-bond acceptors (Lipinski definition) is 5. The molecule has 1 saturated heterocycles. The van der Waals surface area contributed by atoms with Gasteiger partial charge in [0.2, 0.25) is 0 Å². The quantitative estimate of drug-likeness (QED) is 0.891. The van der Waals surface area contributed by atoms with E-state index in [1.54, 1.807) is 17.3 Å². The molecular weight excluding hydrogens is 300 g/mol. The number of pyridine rings is 1. The lowest BCUT2D eigenvalue weighted by atomic mass is 9.96. The van der Waals surface area contributed by atoms with Crippen molar-refractivity contribution in [3.05, 3.63) is 29.9 Å². The summed E-state index contributed by atoms with van der Waals surface area (Å²) in [7, 11) is 0. The summed E-state index contributed by atoms with van der Waals surface area (Å²) in [5.74, 6) is 0.237. The third kappa shape index (κ3) is 3.26. The number of aliphatic hydroxyl groups is 1. The molecule has 2 aromatic heterocycles. The predicted molar refractivity (Wildman–Crippen MR) is 85.7 cm³/mol. The van der Waals surface area contributed by atoms with E-state index < -0.39 is 6.10 Å². The van der Waals surface area contributed by atoms with E-state index in [4.69, 9.17) is 0 Å². The molecule has 0 radical (unpaired) electrons. The van der Waals surface area contributed by atoms with E-state index in [0.717, 1.165) is 17.7 Å². The Balaban J connectivity index is 1.64. The van der Waals surface area contributed by atoms with Crippen LogP contribution in [0.5, 0.6) is 0 Å². The van der Waals surface area contributed by atoms with E-state index in [1.807, 2.05) is 24.4 Å². The molecule has 0 bridgehead atoms. The molecule has 3 rings (SSSR count). The van der Waals surface area contributed by atoms with Crippen molar-refractivity contribution in [2.45, 2.75) is 19.4 Å². The van der Waals surface area contributed by atoms with Crippen molar-refractivity contribution in [1.29, 1.82) is 0 Å². The van der Waals surface area contributed by atoms with Crippen LogP contribution in [0.2, 0.25) is 0 Å². The number of aromatic nitrogens is 2. The van der Waals surface area contributed by atoms with Crippen molar-refractivity contribution in [3.63, 3.8) is 0 Å². The fourth-order valence-electron chi connectivity index (χ4n) is 2.38. The smallest absolute Gasteiger partial charge is 0.323 e. The summed E-state index contributed by atoms with van der Waals surface area (Å²) in [6.07, 6.45) is 3.80. The molecule has 2 amide bonds. The van der Waals surface area contributed by atoms with Crippen LogP contribution in [0, 0.1) is 5.92 Å². The minimum Gasteiger partial charge on any atom is -0.391 e. The number of piperidine rings is 1. The molecule has 2 aromatic rings. The minimum atomic E-state index is -0.457. The number of carbonyl (C=O) groups excluding carboxylic acids is 1. The molecular formula is C15H18N4O2S. The second kappa shape index (κ2) is 6.41. The first-order valence-corrected chi connectivity index (χ1v) is 8.11. The van der Waals surface area contributed by atoms with Gasteiger partial charge in [0.25, 0.3) is 0 Å². The largest absolute Gasteiger partial charge is 0.391 e. The van der Waals surface area contributed by atoms with Crippen LogP contribution < -0.4 is 5.32 Å². The number of β-amino-alcohol motifs (C(OH)–C–C–N with tert-alkyl or cyclic N) is 1. The average molecular weight is 318 g/mol. The van der Waals surface area contributed by atoms with Crippen LogP contribution in [0.1, 0.15) is 13.3 Å². The van der Waals surface area contributed by atoms with Crippen molar-refractivity contribution in [2.24, 2.45) is 5.92 Å². The monoisotopic (exact) mass is 318 g/mol. The molecule has 1 fully saturated rings. The summed E-state index contributed by atoms with van der Waals surface area (Å²) in [5, 5.41) is 15.1. The second-order valence-corrected chi connectivity index (χ2v) is 6.35. The number of likely N-dealkylation sites (tertiary alicyclic amines) is 1. The van der Waals surface area contributed by atoms with Gasteiger partial charge in [0.1, 0.15) is 0 Å². The van der Waals surface area contributed by atoms with Crippen molar-refractivity contribution < 1.29 is 9.90 Å². The number of hydrogen-bond donors (Lipinski definition) is 2. The number of nitrogens with zero attached hydrogens (tertiary/aromatic N) is 3. The number of aliphatic hydroxyl groups excluding tert-OH is 1. The molecule has 2 N–H and O–H groups in total. The van der Waals surface area contributed by atoms with Crippen LogP contribution in [0.4, 0.5) is 9.93 Å². The third-order valence-electron chi connectivity index (χ3n) is 3.88. The number of thiazole rings is 1. The van der Waals surface area contributed by atoms with Gasteiger partial charge in [0, 0.05) is 36.4 Å². The highest BCUT2D eigenvalue weighted by atomic mass is 32.1. The van der Waals surface area contributed by atoms with Gasteiger partial charge in [-0.2, -0.15) is 0 Å². The SMILES string of the molecule is CC1CCN(C(=O)Nc2nc(-c3cccnc3)cs2)CC1O. The topological polar surface area (TPSA) is 78.4 Å². The first-order chi connectivity index (χ1) is 10.6. The van der Waals surface area contributed by atoms with Crippen LogP contribution in [-0.4, -0.2) is 45.2 Å². The lowest BCUT2D eigenvalue weighted by Gasteiger charge is -2.33. The van der Waals surface area contributed by atoms with Crippen LogP contribution in [0.3, 0.4) is 0 Å². The summed E-state index contributed by atoms with van der Waals surface area (Å²) in [5.41, 5.74) is 1.71. The number of anilines is 1. The third-order valence-corrected chi connectivity index (χ3v) is 4.64. The van der Waals surface area contributed by atoms with Gasteiger partial charge in [-0.25, -0.2) is 9.78 Å². The first kappa shape index (κ1) is 14.9. The van der Waals surface area contributed by atoms with Crippen LogP contribution in [-0.2, 0) is 0 Å². The van der Waals surface area contributed by atoms with Gasteiger partial charge in [-0.05, 0) is 24.5 Å². The highest BCUT2D eigenvalue weighted by Gasteiger charge is 2.27. The molecule has 1 aliphatic heterocycles. The molecule has 0 aliphatic carbocycles. The molecule has 0 spiro atoms. The number of carbonyl (C=O) groups is 1. The van der Waals surface area contributed by atoms with Crippen molar-refractivity contribution in [2.75, 3.05) is 18.4 Å². The second-order valence-electron chi connectivity index (χ2n) is 5.49. The highest BCUT2D eigenvalue weighted by molar-refractivity contribution is 7.14. The van der Waals surface area contributed by atoms with Crippen LogP contribution >= 0.6 is 11.3 Å². The molecule has 6 nitrogen and oxygen atoms in total. The van der Waals surface area contributed by atoms with Crippen molar-refractivity contribution in [1.82, 2.24) is 14.9 Å². The molecule has 2 unspecified atom stereocenters. The maximum atomic E-state index is 12.2. The number of amides is 2. The molecule has 1 aliphatic rings. The van der Waals surface area contributed by atoms with Crippen LogP contribution in [0.25, 0.3) is 11.3 Å². The fraction of sp³-hybridized carbons (Fsp3) is 0.400. The van der Waals surface area contributed by atoms with Gasteiger partial charge in [-0.1, -0.05) is 6.92 Å². The zero-order valence-corrected chi connectivity index (χ0v) is 13.1. The summed E-state index contributed by atoms with van der Waals surface area (Å²) in [6, 6.07) is 3.57. The Bertz CT molecular complexity index is 646. The minimum absolute atomic E-state index is 0.210. The van der Waals surface area contributed by atoms with E-state index in [9.17, 15) is 9.90 Å². The molecule has 2 atom stereocenters. The van der Waals surface area contributed by atoms with Crippen molar-refractivity contribution >= 4 is 22.5 Å². The van der Waals surface area contributed by atoms with Gasteiger partial charge in [0.05, 0.1) is 11.8 Å². The van der Waals surface area contributed by atoms with Crippen molar-refractivity contribution in [3.8, 4) is 11.3 Å². The summed E-state index contributed by atoms with van der Waals surface area (Å²) < 4.78 is 0. The predicted octanol–water partition coefficient (Wildman–Crippen LogP) is 2.44. The number of nitrogens with one attached hydrogen (secondary N) is 1. The van der Waals surface area contributed by atoms with E-state index in [-0.39, 0.29) is 11.9 Å². The Morgan fingerprint density at radius 3 is 3.14 bits per heavy atom. The van der Waals surface area contributed by atoms with Crippen LogP contribution in [0.15, 0.2) is 29.9 Å². The number of urea groups is 1. The van der Waals surface area contributed by atoms with Gasteiger partial charge in [-0.15, -0.1) is 11.3 Å². The maximum Gasteiger partial charge on any atom is 0.323 e. The van der Waals surface area contributed by atoms with E-state index in [1.165, 1.54) is 11.3 Å². The Morgan fingerprint density at radius 1 is 1.55 bits per heavy atom. The Morgan fingerprint density at radius 2 is 2.41 bits per heavy atom. The summed E-state index contributed by atoms with van der Waals surface area (Å²) in [6.45, 7) is 3.03. The van der Waals surface area contributed by atoms with Gasteiger partial charge in [-0.3, -0.25) is 10.3 Å². The van der Waals surface area contributed by atoms with E-state index >= 15 is 0 Å². The lowest BCUT2D eigenvalue weighted by Crippen LogP contribution is -2.47. The van der Waals surface area contributed by atoms with Gasteiger partial charge in [0.15, 0.2) is 5.13 Å². The zero-order chi connectivity index (χ0) is 15.5. The number of rotatable bonds is 2. The lowest BCUT2D eigenvalue weighted by molar-refractivity contribution is 0.0464. The standard InChI is InChI=1S/C15H18N4O2S/c1-10-4-6-19(8-13(10)20)15(21)18-14-17-12(9-22-14)11-3-2-5-16-7-11/h2-3,5,7,9-10,13,20H,4,6,8H2,1H3,(H,17,18,21). The molecule has 116 valence electrons. The fourth-order valence-corrected chi connectivity index (χ4v) is 3.09. The Hall–Kier alpha value is -1.99. The molecule has 22 heavy (non-hydrogen) atoms. The highest BCUT2D eigenvalue weighted by Crippen LogP contribution is 2.25. The van der Waals surface area contributed by atoms with E-state index in [2.05, 4.69) is 15.3 Å². The molecule has 7 heteroatoms. The zero-order valence-electron chi connectivity index (χ0n) is 12.3. The molecule has 0 aromatic carbocycles. The Labute approximate surface area is 132 Å². The van der Waals surface area contributed by atoms with Gasteiger partial charge >= 0.3 is 6.03 Å². The molecule has 3 heterocycles. The maximum absolute atomic E-state index is 12.2.